The van der Waals surface area contributed by atoms with Gasteiger partial charge in [0.05, 0.1) is 38.5 Å². The molecule has 11 atom stereocenters. The van der Waals surface area contributed by atoms with Crippen molar-refractivity contribution in [2.45, 2.75) is 215 Å². The Morgan fingerprint density at radius 2 is 0.946 bits per heavy atom. The molecule has 4 fully saturated rings. The van der Waals surface area contributed by atoms with Crippen LogP contribution in [-0.4, -0.2) is 120 Å². The van der Waals surface area contributed by atoms with Gasteiger partial charge in [-0.1, -0.05) is 20.8 Å². The van der Waals surface area contributed by atoms with Gasteiger partial charge in [-0.05, 0) is 149 Å². The Morgan fingerprint density at radius 3 is 1.39 bits per heavy atom. The highest BCUT2D eigenvalue weighted by Crippen LogP contribution is 2.69. The van der Waals surface area contributed by atoms with E-state index >= 15 is 0 Å². The first kappa shape index (κ1) is 61.2. The maximum absolute atomic E-state index is 13.9. The van der Waals surface area contributed by atoms with E-state index in [1.54, 1.807) is 62.3 Å². The smallest absolute Gasteiger partial charge is 0.344 e. The lowest BCUT2D eigenvalue weighted by Crippen LogP contribution is -2.63. The number of hydrogen-bond donors (Lipinski definition) is 1. The SMILES string of the molecule is CC(CCC(=O)O)C1CCC2C3C(OC(=O)CCC(=O)OCC(=O)OC(C)(C)C)CC4CC(OC(=O)CCC(=O)OCC(=O)OC(C)(C)C)CCC4(C)C3CC(OC(=O)CCC(=O)OCC(=O)OC(C)(C)C)C12C. The van der Waals surface area contributed by atoms with Crippen LogP contribution in [0.15, 0.2) is 0 Å². The van der Waals surface area contributed by atoms with Gasteiger partial charge in [0.1, 0.15) is 35.1 Å². The zero-order valence-electron chi connectivity index (χ0n) is 45.6. The third-order valence-electron chi connectivity index (χ3n) is 15.0. The molecule has 0 spiro atoms. The van der Waals surface area contributed by atoms with Gasteiger partial charge in [0.15, 0.2) is 19.8 Å². The van der Waals surface area contributed by atoms with E-state index in [4.69, 9.17) is 42.6 Å². The molecule has 20 nitrogen and oxygen atoms in total. The first-order chi connectivity index (χ1) is 34.2. The summed E-state index contributed by atoms with van der Waals surface area (Å²) in [6.07, 6.45) is -0.250. The molecule has 0 aromatic heterocycles. The van der Waals surface area contributed by atoms with Gasteiger partial charge in [0, 0.05) is 17.8 Å². The summed E-state index contributed by atoms with van der Waals surface area (Å²) in [5, 5.41) is 9.67. The first-order valence-corrected chi connectivity index (χ1v) is 26.1. The molecular formula is C54H82O20. The number of rotatable bonds is 22. The summed E-state index contributed by atoms with van der Waals surface area (Å²) in [7, 11) is 0. The largest absolute Gasteiger partial charge is 0.481 e. The maximum Gasteiger partial charge on any atom is 0.344 e. The minimum Gasteiger partial charge on any atom is -0.481 e. The molecule has 1 N–H and O–H groups in total. The van der Waals surface area contributed by atoms with Crippen LogP contribution in [0, 0.1) is 46.3 Å². The Kier molecular flexibility index (Phi) is 21.1. The third-order valence-corrected chi connectivity index (χ3v) is 15.0. The topological polar surface area (TPSA) is 274 Å². The van der Waals surface area contributed by atoms with Crippen molar-refractivity contribution < 1.29 is 95.7 Å². The molecule has 4 aliphatic carbocycles. The van der Waals surface area contributed by atoms with Crippen molar-refractivity contribution in [3.8, 4) is 0 Å². The van der Waals surface area contributed by atoms with Crippen LogP contribution in [0.3, 0.4) is 0 Å². The lowest BCUT2D eigenvalue weighted by molar-refractivity contribution is -0.226. The standard InChI is InChI=1S/C54H82O20/c1-31(13-16-39(55)56)34-14-15-35-49-36(27-38(54(34,35)12)71-45(62)22-19-42(59)68-30-48(65)74-52(8,9)10)53(11)24-23-33(69-43(60)20-17-40(57)66-28-46(63)72-50(2,3)4)25-32(53)26-37(49)70-44(61)21-18-41(58)67-29-47(64)73-51(5,6)7/h31-38,49H,13-30H2,1-12H3,(H,55,56). The second-order valence-corrected chi connectivity index (χ2v) is 24.1. The number of carbonyl (C=O) groups excluding carboxylic acids is 9. The lowest BCUT2D eigenvalue weighted by Gasteiger charge is -2.64. The summed E-state index contributed by atoms with van der Waals surface area (Å²) in [5.74, 6) is -8.58. The number of fused-ring (bicyclic) bond motifs is 5. The monoisotopic (exact) mass is 1050 g/mol. The Balaban J connectivity index is 1.58. The van der Waals surface area contributed by atoms with E-state index in [9.17, 15) is 53.1 Å². The molecule has 0 aliphatic heterocycles. The predicted octanol–water partition coefficient (Wildman–Crippen LogP) is 7.10. The molecule has 74 heavy (non-hydrogen) atoms. The Labute approximate surface area is 434 Å². The van der Waals surface area contributed by atoms with Crippen molar-refractivity contribution in [3.05, 3.63) is 0 Å². The van der Waals surface area contributed by atoms with Gasteiger partial charge in [0.25, 0.3) is 0 Å². The molecule has 4 saturated carbocycles. The highest BCUT2D eigenvalue weighted by Gasteiger charge is 2.68. The van der Waals surface area contributed by atoms with Gasteiger partial charge in [-0.3, -0.25) is 33.6 Å². The zero-order valence-corrected chi connectivity index (χ0v) is 45.6. The number of ether oxygens (including phenoxy) is 9. The summed E-state index contributed by atoms with van der Waals surface area (Å²) in [4.78, 5) is 127. The van der Waals surface area contributed by atoms with E-state index < -0.39 is 125 Å². The molecule has 20 heteroatoms. The number of hydrogen-bond acceptors (Lipinski definition) is 19. The lowest BCUT2D eigenvalue weighted by atomic mass is 9.43. The van der Waals surface area contributed by atoms with Crippen LogP contribution in [-0.2, 0) is 90.6 Å². The van der Waals surface area contributed by atoms with Crippen LogP contribution in [0.4, 0.5) is 0 Å². The summed E-state index contributed by atoms with van der Waals surface area (Å²) in [5.41, 5.74) is -3.56. The number of carboxylic acids is 1. The number of esters is 9. The van der Waals surface area contributed by atoms with Crippen LogP contribution in [0.2, 0.25) is 0 Å². The number of carbonyl (C=O) groups is 10. The minimum atomic E-state index is -0.937. The average Bonchev–Trinajstić information content (AvgIpc) is 3.63. The van der Waals surface area contributed by atoms with Crippen molar-refractivity contribution in [2.75, 3.05) is 19.8 Å². The van der Waals surface area contributed by atoms with E-state index in [-0.39, 0.29) is 80.5 Å². The van der Waals surface area contributed by atoms with Gasteiger partial charge in [-0.2, -0.15) is 0 Å². The summed E-state index contributed by atoms with van der Waals surface area (Å²) in [6, 6.07) is 0. The van der Waals surface area contributed by atoms with Gasteiger partial charge in [-0.15, -0.1) is 0 Å². The highest BCUT2D eigenvalue weighted by molar-refractivity contribution is 5.82. The van der Waals surface area contributed by atoms with Crippen LogP contribution in [0.1, 0.15) is 179 Å². The Morgan fingerprint density at radius 1 is 0.514 bits per heavy atom. The predicted molar refractivity (Wildman–Crippen MR) is 260 cm³/mol. The molecule has 0 amide bonds. The molecule has 11 unspecified atom stereocenters. The first-order valence-electron chi connectivity index (χ1n) is 26.1. The van der Waals surface area contributed by atoms with Crippen LogP contribution in [0.5, 0.6) is 0 Å². The molecule has 0 aromatic carbocycles. The van der Waals surface area contributed by atoms with Crippen molar-refractivity contribution >= 4 is 59.7 Å². The third kappa shape index (κ3) is 18.2. The Hall–Kier alpha value is -5.30. The number of carboxylic acid groups (broad SMARTS) is 1. The van der Waals surface area contributed by atoms with Crippen LogP contribution in [0.25, 0.3) is 0 Å². The normalized spacial score (nSPS) is 27.8. The molecular weight excluding hydrogens is 969 g/mol. The Bertz CT molecular complexity index is 2060. The van der Waals surface area contributed by atoms with Crippen molar-refractivity contribution in [1.82, 2.24) is 0 Å². The molecule has 0 saturated heterocycles. The minimum absolute atomic E-state index is 0.0650. The zero-order chi connectivity index (χ0) is 55.6. The van der Waals surface area contributed by atoms with Crippen molar-refractivity contribution in [2.24, 2.45) is 46.3 Å². The van der Waals surface area contributed by atoms with Gasteiger partial charge >= 0.3 is 59.7 Å². The van der Waals surface area contributed by atoms with Gasteiger partial charge < -0.3 is 47.7 Å². The maximum atomic E-state index is 13.9. The quantitative estimate of drug-likeness (QED) is 0.0836. The van der Waals surface area contributed by atoms with E-state index in [1.165, 1.54) is 0 Å². The molecule has 4 aliphatic rings. The molecule has 4 rings (SSSR count). The molecule has 0 radical (unpaired) electrons. The summed E-state index contributed by atoms with van der Waals surface area (Å²) in [6.45, 7) is 19.5. The van der Waals surface area contributed by atoms with E-state index in [0.717, 1.165) is 0 Å². The molecule has 418 valence electrons. The fourth-order valence-electron chi connectivity index (χ4n) is 12.1. The average molecular weight is 1050 g/mol. The van der Waals surface area contributed by atoms with Crippen LogP contribution >= 0.6 is 0 Å². The van der Waals surface area contributed by atoms with Gasteiger partial charge in [0.2, 0.25) is 0 Å². The molecule has 0 aromatic rings. The highest BCUT2D eigenvalue weighted by atomic mass is 16.6. The molecule has 0 heterocycles. The fraction of sp³-hybridized carbons (Fsp3) is 0.815. The number of aliphatic carboxylic acids is 1. The molecule has 0 bridgehead atoms. The second-order valence-electron chi connectivity index (χ2n) is 24.1. The summed E-state index contributed by atoms with van der Waals surface area (Å²) >= 11 is 0. The van der Waals surface area contributed by atoms with Crippen molar-refractivity contribution in [1.29, 1.82) is 0 Å². The van der Waals surface area contributed by atoms with E-state index in [1.807, 2.05) is 6.92 Å². The van der Waals surface area contributed by atoms with E-state index in [0.29, 0.717) is 51.4 Å². The second kappa shape index (κ2) is 25.5. The van der Waals surface area contributed by atoms with Gasteiger partial charge in [-0.25, -0.2) is 14.4 Å². The van der Waals surface area contributed by atoms with Crippen LogP contribution < -0.4 is 0 Å². The summed E-state index contributed by atoms with van der Waals surface area (Å²) < 4.78 is 49.6. The van der Waals surface area contributed by atoms with Crippen molar-refractivity contribution in [3.63, 3.8) is 0 Å². The van der Waals surface area contributed by atoms with E-state index in [2.05, 4.69) is 13.8 Å². The fourth-order valence-corrected chi connectivity index (χ4v) is 12.1.